The highest BCUT2D eigenvalue weighted by Gasteiger charge is 2.40. The predicted molar refractivity (Wildman–Crippen MR) is 175 cm³/mol. The molecule has 3 N–H and O–H groups in total. The van der Waals surface area contributed by atoms with Crippen LogP contribution in [0.3, 0.4) is 0 Å². The number of methoxy groups -OCH3 is 1. The van der Waals surface area contributed by atoms with Gasteiger partial charge in [-0.15, -0.1) is 5.10 Å². The molecule has 0 aliphatic heterocycles. The van der Waals surface area contributed by atoms with Gasteiger partial charge in [-0.2, -0.15) is 0 Å². The van der Waals surface area contributed by atoms with Crippen molar-refractivity contribution in [3.05, 3.63) is 101 Å². The third kappa shape index (κ3) is 6.11. The highest BCUT2D eigenvalue weighted by atomic mass is 32.2. The van der Waals surface area contributed by atoms with E-state index in [2.05, 4.69) is 32.3 Å². The van der Waals surface area contributed by atoms with Gasteiger partial charge in [0.05, 0.1) is 48.5 Å². The van der Waals surface area contributed by atoms with Gasteiger partial charge >= 0.3 is 0 Å². The molecule has 46 heavy (non-hydrogen) atoms. The standard InChI is InChI=1S/C33H35N7O5S/c1-20-11-12-22(32(42)35-24-16-23(33(2)13-14-33)17-25(30(24)45-4)37-46(5,43)44)15-27(20)40-19-26(36-38-40)28-18-34-31(39(28)3)29(41)21-9-7-6-8-10-21/h6-12,15-19,29,37,41H,13-14H2,1-5H3,(H,35,42). The highest BCUT2D eigenvalue weighted by Crippen LogP contribution is 2.51. The number of anilines is 2. The molecule has 13 heteroatoms. The van der Waals surface area contributed by atoms with Crippen molar-refractivity contribution in [1.82, 2.24) is 24.5 Å². The molecule has 0 spiro atoms. The summed E-state index contributed by atoms with van der Waals surface area (Å²) in [5, 5.41) is 22.5. The lowest BCUT2D eigenvalue weighted by Crippen LogP contribution is -2.17. The van der Waals surface area contributed by atoms with Crippen LogP contribution in [0.4, 0.5) is 11.4 Å². The number of rotatable bonds is 10. The van der Waals surface area contributed by atoms with Crippen molar-refractivity contribution in [2.24, 2.45) is 7.05 Å². The minimum absolute atomic E-state index is 0.101. The molecular formula is C33H35N7O5S. The second-order valence-corrected chi connectivity index (χ2v) is 13.7. The van der Waals surface area contributed by atoms with E-state index in [1.165, 1.54) is 7.11 Å². The number of nitrogens with zero attached hydrogens (tertiary/aromatic N) is 5. The number of ether oxygens (including phenoxy) is 1. The highest BCUT2D eigenvalue weighted by molar-refractivity contribution is 7.92. The summed E-state index contributed by atoms with van der Waals surface area (Å²) < 4.78 is 35.7. The molecule has 1 amide bonds. The normalized spacial score (nSPS) is 14.5. The molecular weight excluding hydrogens is 606 g/mol. The van der Waals surface area contributed by atoms with E-state index in [1.54, 1.807) is 39.8 Å². The molecule has 2 aromatic heterocycles. The quantitative estimate of drug-likeness (QED) is 0.198. The monoisotopic (exact) mass is 641 g/mol. The Morgan fingerprint density at radius 1 is 1.09 bits per heavy atom. The number of aryl methyl sites for hydroxylation is 1. The number of benzene rings is 3. The summed E-state index contributed by atoms with van der Waals surface area (Å²) in [6.07, 6.45) is 5.47. The zero-order chi connectivity index (χ0) is 32.8. The summed E-state index contributed by atoms with van der Waals surface area (Å²) in [5.41, 5.74) is 5.22. The number of amides is 1. The number of carbonyl (C=O) groups is 1. The summed E-state index contributed by atoms with van der Waals surface area (Å²) in [5.74, 6) is 0.276. The Hall–Kier alpha value is -5.01. The van der Waals surface area contributed by atoms with Gasteiger partial charge in [0.2, 0.25) is 10.0 Å². The Balaban J connectivity index is 1.29. The molecule has 1 saturated carbocycles. The lowest BCUT2D eigenvalue weighted by molar-refractivity contribution is 0.102. The Labute approximate surface area is 267 Å². The van der Waals surface area contributed by atoms with Crippen molar-refractivity contribution in [2.75, 3.05) is 23.4 Å². The van der Waals surface area contributed by atoms with Crippen LogP contribution in [0.15, 0.2) is 73.1 Å². The second kappa shape index (κ2) is 11.7. The van der Waals surface area contributed by atoms with Crippen LogP contribution in [0.25, 0.3) is 17.1 Å². The van der Waals surface area contributed by atoms with Crippen molar-refractivity contribution in [1.29, 1.82) is 0 Å². The van der Waals surface area contributed by atoms with Crippen molar-refractivity contribution in [2.45, 2.75) is 38.2 Å². The first-order valence-electron chi connectivity index (χ1n) is 14.7. The van der Waals surface area contributed by atoms with Gasteiger partial charge < -0.3 is 19.7 Å². The molecule has 3 aromatic carbocycles. The summed E-state index contributed by atoms with van der Waals surface area (Å²) in [4.78, 5) is 18.1. The van der Waals surface area contributed by atoms with Crippen LogP contribution in [0.2, 0.25) is 0 Å². The molecule has 2 heterocycles. The van der Waals surface area contributed by atoms with Crippen LogP contribution >= 0.6 is 0 Å². The number of aliphatic hydroxyl groups is 1. The van der Waals surface area contributed by atoms with Gasteiger partial charge in [0.1, 0.15) is 17.6 Å². The summed E-state index contributed by atoms with van der Waals surface area (Å²) >= 11 is 0. The predicted octanol–water partition coefficient (Wildman–Crippen LogP) is 4.74. The molecule has 12 nitrogen and oxygen atoms in total. The fourth-order valence-electron chi connectivity index (χ4n) is 5.43. The number of hydrogen-bond acceptors (Lipinski definition) is 8. The first kappa shape index (κ1) is 31.0. The fraction of sp³-hybridized carbons (Fsp3) is 0.273. The molecule has 1 aliphatic carbocycles. The van der Waals surface area contributed by atoms with Gasteiger partial charge in [-0.1, -0.05) is 48.5 Å². The van der Waals surface area contributed by atoms with Crippen LogP contribution in [0.1, 0.15) is 58.7 Å². The van der Waals surface area contributed by atoms with E-state index in [0.717, 1.165) is 35.8 Å². The molecule has 1 atom stereocenters. The summed E-state index contributed by atoms with van der Waals surface area (Å²) in [6, 6.07) is 18.1. The minimum Gasteiger partial charge on any atom is -0.492 e. The van der Waals surface area contributed by atoms with Gasteiger partial charge in [0.25, 0.3) is 5.91 Å². The molecule has 1 unspecified atom stereocenters. The SMILES string of the molecule is COc1c(NC(=O)c2ccc(C)c(-n3cc(-c4cnc(C(O)c5ccccc5)n4C)nn3)c2)cc(C2(C)CC2)cc1NS(C)(=O)=O. The van der Waals surface area contributed by atoms with Crippen LogP contribution in [-0.2, 0) is 22.5 Å². The second-order valence-electron chi connectivity index (χ2n) is 11.9. The molecule has 1 aliphatic rings. The number of sulfonamides is 1. The van der Waals surface area contributed by atoms with Gasteiger partial charge in [-0.25, -0.2) is 18.1 Å². The number of aliphatic hydroxyl groups excluding tert-OH is 1. The molecule has 1 fully saturated rings. The number of hydrogen-bond donors (Lipinski definition) is 3. The van der Waals surface area contributed by atoms with Gasteiger partial charge in [-0.05, 0) is 66.1 Å². The number of aromatic nitrogens is 5. The zero-order valence-electron chi connectivity index (χ0n) is 26.1. The van der Waals surface area contributed by atoms with E-state index in [4.69, 9.17) is 4.74 Å². The lowest BCUT2D eigenvalue weighted by Gasteiger charge is -2.19. The fourth-order valence-corrected chi connectivity index (χ4v) is 5.98. The summed E-state index contributed by atoms with van der Waals surface area (Å²) in [7, 11) is -0.367. The van der Waals surface area contributed by atoms with Crippen molar-refractivity contribution in [3.8, 4) is 22.8 Å². The van der Waals surface area contributed by atoms with E-state index < -0.39 is 22.0 Å². The van der Waals surface area contributed by atoms with E-state index in [1.807, 2.05) is 56.4 Å². The lowest BCUT2D eigenvalue weighted by atomic mass is 9.96. The van der Waals surface area contributed by atoms with Crippen LogP contribution < -0.4 is 14.8 Å². The largest absolute Gasteiger partial charge is 0.492 e. The number of nitrogens with one attached hydrogen (secondary N) is 2. The first-order valence-corrected chi connectivity index (χ1v) is 16.6. The maximum absolute atomic E-state index is 13.6. The Bertz CT molecular complexity index is 2050. The maximum Gasteiger partial charge on any atom is 0.255 e. The number of imidazole rings is 1. The Morgan fingerprint density at radius 2 is 1.80 bits per heavy atom. The van der Waals surface area contributed by atoms with Crippen LogP contribution in [-0.4, -0.2) is 57.3 Å². The molecule has 238 valence electrons. The number of carbonyl (C=O) groups excluding carboxylic acids is 1. The van der Waals surface area contributed by atoms with E-state index in [-0.39, 0.29) is 16.9 Å². The molecule has 0 bridgehead atoms. The molecule has 0 radical (unpaired) electrons. The minimum atomic E-state index is -3.60. The third-order valence-corrected chi connectivity index (χ3v) is 8.98. The maximum atomic E-state index is 13.6. The van der Waals surface area contributed by atoms with E-state index in [0.29, 0.717) is 34.2 Å². The average molecular weight is 642 g/mol. The smallest absolute Gasteiger partial charge is 0.255 e. The van der Waals surface area contributed by atoms with Gasteiger partial charge in [0, 0.05) is 12.6 Å². The van der Waals surface area contributed by atoms with Crippen molar-refractivity contribution >= 4 is 27.3 Å². The van der Waals surface area contributed by atoms with Crippen LogP contribution in [0, 0.1) is 6.92 Å². The third-order valence-electron chi connectivity index (χ3n) is 8.39. The van der Waals surface area contributed by atoms with Gasteiger partial charge in [0.15, 0.2) is 5.75 Å². The van der Waals surface area contributed by atoms with Gasteiger partial charge in [-0.3, -0.25) is 9.52 Å². The first-order chi connectivity index (χ1) is 21.9. The average Bonchev–Trinajstić information content (AvgIpc) is 3.40. The van der Waals surface area contributed by atoms with Crippen LogP contribution in [0.5, 0.6) is 5.75 Å². The molecule has 6 rings (SSSR count). The Kier molecular flexibility index (Phi) is 7.90. The molecule has 5 aromatic rings. The topological polar surface area (TPSA) is 153 Å². The molecule has 0 saturated heterocycles. The zero-order valence-corrected chi connectivity index (χ0v) is 27.0. The Morgan fingerprint density at radius 3 is 2.48 bits per heavy atom. The van der Waals surface area contributed by atoms with Crippen molar-refractivity contribution < 1.29 is 23.1 Å². The summed E-state index contributed by atoms with van der Waals surface area (Å²) in [6.45, 7) is 4.00. The van der Waals surface area contributed by atoms with Crippen molar-refractivity contribution in [3.63, 3.8) is 0 Å². The van der Waals surface area contributed by atoms with E-state index in [9.17, 15) is 18.3 Å². The van der Waals surface area contributed by atoms with E-state index >= 15 is 0 Å².